The van der Waals surface area contributed by atoms with E-state index >= 15 is 0 Å². The maximum absolute atomic E-state index is 11.8. The average Bonchev–Trinajstić information content (AvgIpc) is 2.03. The van der Waals surface area contributed by atoms with Gasteiger partial charge in [-0.1, -0.05) is 12.2 Å². The van der Waals surface area contributed by atoms with Crippen LogP contribution < -0.4 is 0 Å². The summed E-state index contributed by atoms with van der Waals surface area (Å²) in [5, 5.41) is 0. The fourth-order valence-corrected chi connectivity index (χ4v) is 1.01. The number of halogens is 3. The highest BCUT2D eigenvalue weighted by Crippen LogP contribution is 2.19. The molecule has 5 heteroatoms. The highest BCUT2D eigenvalue weighted by molar-refractivity contribution is 5.82. The van der Waals surface area contributed by atoms with Crippen molar-refractivity contribution in [1.29, 1.82) is 0 Å². The fourth-order valence-electron chi connectivity index (χ4n) is 1.01. The average molecular weight is 179 g/mol. The van der Waals surface area contributed by atoms with Gasteiger partial charge in [0.05, 0.1) is 0 Å². The predicted molar refractivity (Wildman–Crippen MR) is 36.4 cm³/mol. The van der Waals surface area contributed by atoms with Crippen molar-refractivity contribution in [1.82, 2.24) is 4.90 Å². The molecule has 1 aliphatic heterocycles. The molecule has 68 valence electrons. The first-order valence-corrected chi connectivity index (χ1v) is 3.53. The number of carbonyl (C=O) groups is 1. The van der Waals surface area contributed by atoms with Gasteiger partial charge in [-0.15, -0.1) is 0 Å². The second-order valence-electron chi connectivity index (χ2n) is 2.51. The minimum absolute atomic E-state index is 0.0678. The molecule has 0 N–H and O–H groups in total. The number of hydrogen-bond donors (Lipinski definition) is 0. The van der Waals surface area contributed by atoms with Crippen molar-refractivity contribution < 1.29 is 18.0 Å². The molecule has 12 heavy (non-hydrogen) atoms. The molecule has 0 saturated heterocycles. The van der Waals surface area contributed by atoms with Crippen molar-refractivity contribution >= 4 is 5.91 Å². The molecular formula is C7H8F3NO. The summed E-state index contributed by atoms with van der Waals surface area (Å²) >= 11 is 0. The van der Waals surface area contributed by atoms with Crippen LogP contribution in [-0.4, -0.2) is 30.1 Å². The Morgan fingerprint density at radius 2 is 2.00 bits per heavy atom. The van der Waals surface area contributed by atoms with Crippen molar-refractivity contribution in [3.8, 4) is 0 Å². The molecule has 0 fully saturated rings. The molecule has 1 heterocycles. The zero-order valence-corrected chi connectivity index (χ0v) is 6.27. The van der Waals surface area contributed by atoms with Crippen LogP contribution in [0.5, 0.6) is 0 Å². The largest absolute Gasteiger partial charge is 0.471 e. The fraction of sp³-hybridized carbons (Fsp3) is 0.571. The molecule has 0 bridgehead atoms. The molecule has 0 aliphatic carbocycles. The van der Waals surface area contributed by atoms with E-state index in [4.69, 9.17) is 0 Å². The van der Waals surface area contributed by atoms with Gasteiger partial charge in [0.1, 0.15) is 0 Å². The second kappa shape index (κ2) is 3.16. The van der Waals surface area contributed by atoms with E-state index in [0.717, 1.165) is 4.90 Å². The first-order valence-electron chi connectivity index (χ1n) is 3.53. The van der Waals surface area contributed by atoms with E-state index in [9.17, 15) is 18.0 Å². The SMILES string of the molecule is O=C(N1CC=CCC1)C(F)(F)F. The number of rotatable bonds is 0. The zero-order chi connectivity index (χ0) is 9.19. The van der Waals surface area contributed by atoms with Gasteiger partial charge in [0.2, 0.25) is 0 Å². The van der Waals surface area contributed by atoms with Gasteiger partial charge < -0.3 is 4.90 Å². The van der Waals surface area contributed by atoms with Crippen LogP contribution in [0.15, 0.2) is 12.2 Å². The molecule has 0 atom stereocenters. The topological polar surface area (TPSA) is 20.3 Å². The number of amides is 1. The summed E-state index contributed by atoms with van der Waals surface area (Å²) in [6.07, 6.45) is -0.902. The second-order valence-corrected chi connectivity index (χ2v) is 2.51. The van der Waals surface area contributed by atoms with Gasteiger partial charge in [-0.25, -0.2) is 0 Å². The molecule has 0 saturated carbocycles. The van der Waals surface area contributed by atoms with Gasteiger partial charge in [0, 0.05) is 13.1 Å². The van der Waals surface area contributed by atoms with Crippen LogP contribution in [0.3, 0.4) is 0 Å². The van der Waals surface area contributed by atoms with Crippen molar-refractivity contribution in [2.24, 2.45) is 0 Å². The third kappa shape index (κ3) is 1.99. The van der Waals surface area contributed by atoms with Crippen molar-refractivity contribution in [2.45, 2.75) is 12.6 Å². The molecule has 2 nitrogen and oxygen atoms in total. The standard InChI is InChI=1S/C7H8F3NO/c8-7(9,10)6(12)11-4-2-1-3-5-11/h1-2H,3-5H2. The van der Waals surface area contributed by atoms with Crippen LogP contribution in [0.2, 0.25) is 0 Å². The van der Waals surface area contributed by atoms with Crippen LogP contribution in [0.1, 0.15) is 6.42 Å². The van der Waals surface area contributed by atoms with Gasteiger partial charge in [-0.05, 0) is 6.42 Å². The third-order valence-electron chi connectivity index (χ3n) is 1.59. The molecule has 0 radical (unpaired) electrons. The van der Waals surface area contributed by atoms with E-state index < -0.39 is 12.1 Å². The summed E-state index contributed by atoms with van der Waals surface area (Å²) < 4.78 is 35.5. The molecule has 0 spiro atoms. The lowest BCUT2D eigenvalue weighted by Crippen LogP contribution is -2.42. The summed E-state index contributed by atoms with van der Waals surface area (Å²) in [6, 6.07) is 0. The molecule has 1 amide bonds. The monoisotopic (exact) mass is 179 g/mol. The van der Waals surface area contributed by atoms with Crippen molar-refractivity contribution in [3.63, 3.8) is 0 Å². The minimum atomic E-state index is -4.73. The van der Waals surface area contributed by atoms with Crippen molar-refractivity contribution in [3.05, 3.63) is 12.2 Å². The van der Waals surface area contributed by atoms with Gasteiger partial charge >= 0.3 is 12.1 Å². The van der Waals surface area contributed by atoms with E-state index in [0.29, 0.717) is 6.42 Å². The van der Waals surface area contributed by atoms with Crippen LogP contribution in [0.25, 0.3) is 0 Å². The summed E-state index contributed by atoms with van der Waals surface area (Å²) in [6.45, 7) is 0.229. The maximum Gasteiger partial charge on any atom is 0.471 e. The third-order valence-corrected chi connectivity index (χ3v) is 1.59. The zero-order valence-electron chi connectivity index (χ0n) is 6.27. The van der Waals surface area contributed by atoms with E-state index in [2.05, 4.69) is 0 Å². The molecule has 0 aromatic rings. The summed E-state index contributed by atoms with van der Waals surface area (Å²) in [5.41, 5.74) is 0. The Hall–Kier alpha value is -1.00. The summed E-state index contributed by atoms with van der Waals surface area (Å²) in [7, 11) is 0. The smallest absolute Gasteiger partial charge is 0.331 e. The number of hydrogen-bond acceptors (Lipinski definition) is 1. The predicted octanol–water partition coefficient (Wildman–Crippen LogP) is 1.34. The highest BCUT2D eigenvalue weighted by Gasteiger charge is 2.42. The van der Waals surface area contributed by atoms with E-state index in [1.165, 1.54) is 0 Å². The van der Waals surface area contributed by atoms with Gasteiger partial charge in [0.15, 0.2) is 0 Å². The molecule has 0 unspecified atom stereocenters. The first-order chi connectivity index (χ1) is 5.52. The lowest BCUT2D eigenvalue weighted by molar-refractivity contribution is -0.185. The molecule has 0 aromatic heterocycles. The van der Waals surface area contributed by atoms with Crippen LogP contribution >= 0.6 is 0 Å². The Bertz CT molecular complexity index is 209. The molecule has 0 aromatic carbocycles. The molecule has 1 rings (SSSR count). The minimum Gasteiger partial charge on any atom is -0.331 e. The van der Waals surface area contributed by atoms with Crippen molar-refractivity contribution in [2.75, 3.05) is 13.1 Å². The van der Waals surface area contributed by atoms with E-state index in [-0.39, 0.29) is 13.1 Å². The Labute approximate surface area is 67.7 Å². The number of nitrogens with zero attached hydrogens (tertiary/aromatic N) is 1. The van der Waals surface area contributed by atoms with Crippen LogP contribution in [0.4, 0.5) is 13.2 Å². The van der Waals surface area contributed by atoms with Crippen LogP contribution in [-0.2, 0) is 4.79 Å². The van der Waals surface area contributed by atoms with Gasteiger partial charge in [0.25, 0.3) is 0 Å². The van der Waals surface area contributed by atoms with Gasteiger partial charge in [-0.3, -0.25) is 4.79 Å². The summed E-state index contributed by atoms with van der Waals surface area (Å²) in [5.74, 6) is -1.74. The number of alkyl halides is 3. The van der Waals surface area contributed by atoms with Gasteiger partial charge in [-0.2, -0.15) is 13.2 Å². The lowest BCUT2D eigenvalue weighted by Gasteiger charge is -2.23. The maximum atomic E-state index is 11.8. The Morgan fingerprint density at radius 3 is 2.42 bits per heavy atom. The summed E-state index contributed by atoms with van der Waals surface area (Å²) in [4.78, 5) is 11.4. The quantitative estimate of drug-likeness (QED) is 0.514. The Kier molecular flexibility index (Phi) is 2.40. The first kappa shape index (κ1) is 9.09. The highest BCUT2D eigenvalue weighted by atomic mass is 19.4. The van der Waals surface area contributed by atoms with E-state index in [1.807, 2.05) is 0 Å². The molecule has 1 aliphatic rings. The van der Waals surface area contributed by atoms with E-state index in [1.54, 1.807) is 12.2 Å². The van der Waals surface area contributed by atoms with Crippen LogP contribution in [0, 0.1) is 0 Å². The Balaban J connectivity index is 2.59. The lowest BCUT2D eigenvalue weighted by atomic mass is 10.2. The molecular weight excluding hydrogens is 171 g/mol. The Morgan fingerprint density at radius 1 is 1.33 bits per heavy atom. The number of carbonyl (C=O) groups excluding carboxylic acids is 1. The normalized spacial score (nSPS) is 18.1.